The van der Waals surface area contributed by atoms with Crippen LogP contribution < -0.4 is 0 Å². The van der Waals surface area contributed by atoms with E-state index in [4.69, 9.17) is 10.00 Å². The number of amides is 1. The van der Waals surface area contributed by atoms with Crippen LogP contribution in [0.2, 0.25) is 0 Å². The molecule has 20 heavy (non-hydrogen) atoms. The van der Waals surface area contributed by atoms with E-state index in [1.807, 2.05) is 11.0 Å². The number of nitriles is 1. The molecule has 5 nitrogen and oxygen atoms in total. The number of nitrogens with zero attached hydrogens (tertiary/aromatic N) is 3. The predicted octanol–water partition coefficient (Wildman–Crippen LogP) is 1.74. The van der Waals surface area contributed by atoms with Gasteiger partial charge in [-0.05, 0) is 25.0 Å². The third-order valence-corrected chi connectivity index (χ3v) is 4.10. The molecule has 5 heteroatoms. The number of hydrogen-bond acceptors (Lipinski definition) is 4. The Kier molecular flexibility index (Phi) is 3.66. The van der Waals surface area contributed by atoms with Crippen molar-refractivity contribution < 1.29 is 9.53 Å². The Morgan fingerprint density at radius 2 is 2.25 bits per heavy atom. The first-order valence-electron chi connectivity index (χ1n) is 7.08. The van der Waals surface area contributed by atoms with E-state index in [1.165, 1.54) is 12.6 Å². The molecule has 1 saturated carbocycles. The first kappa shape index (κ1) is 13.1. The summed E-state index contributed by atoms with van der Waals surface area (Å²) in [6.07, 6.45) is 6.00. The van der Waals surface area contributed by atoms with Crippen LogP contribution in [0.25, 0.3) is 0 Å². The van der Waals surface area contributed by atoms with Crippen molar-refractivity contribution in [2.45, 2.75) is 37.8 Å². The number of rotatable bonds is 1. The molecule has 1 aliphatic heterocycles. The molecule has 0 radical (unpaired) electrons. The minimum Gasteiger partial charge on any atom is -0.374 e. The molecule has 0 bridgehead atoms. The van der Waals surface area contributed by atoms with Gasteiger partial charge in [0, 0.05) is 12.7 Å². The number of ether oxygens (including phenoxy) is 1. The highest BCUT2D eigenvalue weighted by Crippen LogP contribution is 2.29. The molecule has 1 amide bonds. The van der Waals surface area contributed by atoms with Crippen molar-refractivity contribution in [1.82, 2.24) is 9.88 Å². The smallest absolute Gasteiger partial charge is 0.272 e. The summed E-state index contributed by atoms with van der Waals surface area (Å²) in [4.78, 5) is 18.6. The average Bonchev–Trinajstić information content (AvgIpc) is 2.54. The Balaban J connectivity index is 1.79. The van der Waals surface area contributed by atoms with Crippen LogP contribution in [0.4, 0.5) is 0 Å². The molecule has 2 atom stereocenters. The van der Waals surface area contributed by atoms with Crippen molar-refractivity contribution in [3.63, 3.8) is 0 Å². The lowest BCUT2D eigenvalue weighted by atomic mass is 9.90. The Hall–Kier alpha value is -1.93. The molecule has 1 saturated heterocycles. The molecule has 0 N–H and O–H groups in total. The highest BCUT2D eigenvalue weighted by molar-refractivity contribution is 5.92. The SMILES string of the molecule is N#Cc1ccc(C(=O)N2CCOC3CCCCC32)nc1. The summed E-state index contributed by atoms with van der Waals surface area (Å²) in [5.74, 6) is -0.0466. The van der Waals surface area contributed by atoms with Gasteiger partial charge >= 0.3 is 0 Å². The number of carbonyl (C=O) groups is 1. The molecule has 2 aliphatic rings. The normalized spacial score (nSPS) is 25.6. The Morgan fingerprint density at radius 3 is 3.00 bits per heavy atom. The van der Waals surface area contributed by atoms with E-state index in [9.17, 15) is 4.79 Å². The second-order valence-electron chi connectivity index (χ2n) is 5.30. The van der Waals surface area contributed by atoms with Crippen LogP contribution in [0.1, 0.15) is 41.7 Å². The van der Waals surface area contributed by atoms with Gasteiger partial charge in [-0.25, -0.2) is 4.98 Å². The lowest BCUT2D eigenvalue weighted by Crippen LogP contribution is -2.54. The number of carbonyl (C=O) groups excluding carboxylic acids is 1. The molecule has 0 aromatic carbocycles. The Labute approximate surface area is 118 Å². The van der Waals surface area contributed by atoms with Gasteiger partial charge in [0.2, 0.25) is 0 Å². The fourth-order valence-corrected chi connectivity index (χ4v) is 3.08. The summed E-state index contributed by atoms with van der Waals surface area (Å²) in [6.45, 7) is 1.23. The monoisotopic (exact) mass is 271 g/mol. The predicted molar refractivity (Wildman–Crippen MR) is 72.0 cm³/mol. The summed E-state index contributed by atoms with van der Waals surface area (Å²) >= 11 is 0. The summed E-state index contributed by atoms with van der Waals surface area (Å²) in [5.41, 5.74) is 0.884. The van der Waals surface area contributed by atoms with Gasteiger partial charge in [-0.3, -0.25) is 4.79 Å². The zero-order valence-corrected chi connectivity index (χ0v) is 11.3. The van der Waals surface area contributed by atoms with Gasteiger partial charge in [0.05, 0.1) is 24.3 Å². The molecule has 1 aromatic heterocycles. The van der Waals surface area contributed by atoms with E-state index in [2.05, 4.69) is 4.98 Å². The molecule has 3 rings (SSSR count). The molecule has 2 heterocycles. The number of fused-ring (bicyclic) bond motifs is 1. The van der Waals surface area contributed by atoms with Gasteiger partial charge < -0.3 is 9.64 Å². The van der Waals surface area contributed by atoms with Crippen LogP contribution in [0.15, 0.2) is 18.3 Å². The minimum absolute atomic E-state index is 0.0466. The zero-order chi connectivity index (χ0) is 13.9. The maximum absolute atomic E-state index is 12.6. The third-order valence-electron chi connectivity index (χ3n) is 4.10. The lowest BCUT2D eigenvalue weighted by Gasteiger charge is -2.43. The van der Waals surface area contributed by atoms with Crippen molar-refractivity contribution in [2.75, 3.05) is 13.2 Å². The van der Waals surface area contributed by atoms with Gasteiger partial charge in [0.1, 0.15) is 11.8 Å². The van der Waals surface area contributed by atoms with Crippen molar-refractivity contribution in [1.29, 1.82) is 5.26 Å². The minimum atomic E-state index is -0.0466. The van der Waals surface area contributed by atoms with Gasteiger partial charge in [0.15, 0.2) is 0 Å². The van der Waals surface area contributed by atoms with Crippen LogP contribution in [0.5, 0.6) is 0 Å². The first-order valence-corrected chi connectivity index (χ1v) is 7.08. The summed E-state index contributed by atoms with van der Waals surface area (Å²) < 4.78 is 5.78. The topological polar surface area (TPSA) is 66.2 Å². The van der Waals surface area contributed by atoms with E-state index in [0.717, 1.165) is 19.3 Å². The molecule has 2 fully saturated rings. The van der Waals surface area contributed by atoms with Crippen LogP contribution in [-0.4, -0.2) is 41.1 Å². The molecule has 104 valence electrons. The maximum atomic E-state index is 12.6. The highest BCUT2D eigenvalue weighted by atomic mass is 16.5. The van der Waals surface area contributed by atoms with Gasteiger partial charge in [0.25, 0.3) is 5.91 Å². The van der Waals surface area contributed by atoms with Crippen molar-refractivity contribution in [3.8, 4) is 6.07 Å². The number of pyridine rings is 1. The lowest BCUT2D eigenvalue weighted by molar-refractivity contribution is -0.0754. The van der Waals surface area contributed by atoms with Gasteiger partial charge in [-0.15, -0.1) is 0 Å². The number of morpholine rings is 1. The quantitative estimate of drug-likeness (QED) is 0.780. The van der Waals surface area contributed by atoms with Crippen LogP contribution in [0, 0.1) is 11.3 Å². The molecule has 1 aromatic rings. The van der Waals surface area contributed by atoms with Crippen molar-refractivity contribution in [2.24, 2.45) is 0 Å². The standard InChI is InChI=1S/C15H17N3O2/c16-9-11-5-6-12(17-10-11)15(19)18-7-8-20-14-4-2-1-3-13(14)18/h5-6,10,13-14H,1-4,7-8H2. The average molecular weight is 271 g/mol. The van der Waals surface area contributed by atoms with E-state index < -0.39 is 0 Å². The third kappa shape index (κ3) is 2.39. The maximum Gasteiger partial charge on any atom is 0.272 e. The Bertz CT molecular complexity index is 533. The van der Waals surface area contributed by atoms with E-state index in [0.29, 0.717) is 24.4 Å². The second-order valence-corrected chi connectivity index (χ2v) is 5.30. The highest BCUT2D eigenvalue weighted by Gasteiger charge is 2.37. The first-order chi connectivity index (χ1) is 9.79. The summed E-state index contributed by atoms with van der Waals surface area (Å²) in [6, 6.07) is 5.46. The Morgan fingerprint density at radius 1 is 1.40 bits per heavy atom. The zero-order valence-electron chi connectivity index (χ0n) is 11.3. The largest absolute Gasteiger partial charge is 0.374 e. The van der Waals surface area contributed by atoms with Gasteiger partial charge in [-0.1, -0.05) is 12.8 Å². The molecular weight excluding hydrogens is 254 g/mol. The van der Waals surface area contributed by atoms with E-state index in [1.54, 1.807) is 12.1 Å². The fraction of sp³-hybridized carbons (Fsp3) is 0.533. The van der Waals surface area contributed by atoms with Crippen LogP contribution >= 0.6 is 0 Å². The summed E-state index contributed by atoms with van der Waals surface area (Å²) in [7, 11) is 0. The van der Waals surface area contributed by atoms with Crippen molar-refractivity contribution >= 4 is 5.91 Å². The molecular formula is C15H17N3O2. The van der Waals surface area contributed by atoms with Crippen LogP contribution in [0.3, 0.4) is 0 Å². The fourth-order valence-electron chi connectivity index (χ4n) is 3.08. The van der Waals surface area contributed by atoms with Gasteiger partial charge in [-0.2, -0.15) is 5.26 Å². The second kappa shape index (κ2) is 5.59. The number of hydrogen-bond donors (Lipinski definition) is 0. The summed E-state index contributed by atoms with van der Waals surface area (Å²) in [5, 5.41) is 8.77. The molecule has 1 aliphatic carbocycles. The molecule has 2 unspecified atom stereocenters. The van der Waals surface area contributed by atoms with Crippen molar-refractivity contribution in [3.05, 3.63) is 29.6 Å². The van der Waals surface area contributed by atoms with E-state index in [-0.39, 0.29) is 18.1 Å². The van der Waals surface area contributed by atoms with E-state index >= 15 is 0 Å². The number of aromatic nitrogens is 1. The molecule has 0 spiro atoms. The van der Waals surface area contributed by atoms with Crippen LogP contribution in [-0.2, 0) is 4.74 Å².